The molecular weight excluding hydrogens is 615 g/mol. The fraction of sp³-hybridized carbons (Fsp3) is 0.567. The van der Waals surface area contributed by atoms with Crippen LogP contribution in [-0.2, 0) is 14.9 Å². The highest BCUT2D eigenvalue weighted by Gasteiger charge is 2.64. The fourth-order valence-electron chi connectivity index (χ4n) is 5.37. The largest absolute Gasteiger partial charge is 0.748 e. The molecule has 4 rings (SSSR count). The van der Waals surface area contributed by atoms with Crippen LogP contribution in [0, 0.1) is 23.9 Å². The molecule has 2 saturated carbocycles. The summed E-state index contributed by atoms with van der Waals surface area (Å²) in [5, 5.41) is 0. The number of rotatable bonds is 6. The predicted molar refractivity (Wildman–Crippen MR) is 144 cm³/mol. The summed E-state index contributed by atoms with van der Waals surface area (Å²) in [6.07, 6.45) is 1.88. The monoisotopic (exact) mass is 656 g/mol. The number of benzene rings is 2. The van der Waals surface area contributed by atoms with Crippen LogP contribution in [0.1, 0.15) is 74.7 Å². The van der Waals surface area contributed by atoms with Gasteiger partial charge in [-0.05, 0) is 114 Å². The maximum atomic E-state index is 11.8. The number of hydrogen-bond donors (Lipinski definition) is 0. The Kier molecular flexibility index (Phi) is 9.01. The van der Waals surface area contributed by atoms with Gasteiger partial charge < -0.3 is 14.0 Å². The van der Waals surface area contributed by atoms with Crippen LogP contribution in [0.3, 0.4) is 0 Å². The van der Waals surface area contributed by atoms with E-state index in [-0.39, 0.29) is 49.5 Å². The molecule has 0 aromatic heterocycles. The molecule has 6 nitrogen and oxygen atoms in total. The third-order valence-corrected chi connectivity index (χ3v) is 10.8. The molecule has 38 heavy (non-hydrogen) atoms. The van der Waals surface area contributed by atoms with Crippen molar-refractivity contribution in [2.45, 2.75) is 85.9 Å². The molecule has 0 amide bonds. The second kappa shape index (κ2) is 11.1. The number of ether oxygens (including phenoxy) is 2. The Balaban J connectivity index is 0.000000230. The molecule has 0 N–H and O–H groups in total. The molecule has 2 fully saturated rings. The maximum Gasteiger partial charge on any atom is 0.357 e. The predicted octanol–water partition coefficient (Wildman–Crippen LogP) is 3.10. The fourth-order valence-corrected chi connectivity index (χ4v) is 8.81. The minimum atomic E-state index is -4.33. The number of hydrogen-bond acceptors (Lipinski definition) is 6. The van der Waals surface area contributed by atoms with Crippen LogP contribution in [0.15, 0.2) is 48.5 Å². The van der Waals surface area contributed by atoms with Crippen molar-refractivity contribution in [3.8, 4) is 11.5 Å². The quantitative estimate of drug-likeness (QED) is 0.351. The zero-order valence-corrected chi connectivity index (χ0v) is 26.7. The van der Waals surface area contributed by atoms with E-state index in [1.807, 2.05) is 13.8 Å². The molecule has 8 heteroatoms. The van der Waals surface area contributed by atoms with Crippen LogP contribution in [-0.4, -0.2) is 35.7 Å². The van der Waals surface area contributed by atoms with Gasteiger partial charge in [0.15, 0.2) is 7.14 Å². The number of carbonyl (C=O) groups is 1. The smallest absolute Gasteiger partial charge is 0.357 e. The van der Waals surface area contributed by atoms with Gasteiger partial charge >= 0.3 is 21.2 Å². The molecule has 0 heterocycles. The SMILES string of the molecule is CC(C)(C)Oc1ccc([I+]c2ccc(OC(C)(C)C)cc2)cc1.CC1(C)C2CCC1(CS(=O)(=O)[O-])C(=O)C2. The summed E-state index contributed by atoms with van der Waals surface area (Å²) in [5.41, 5.74) is -1.53. The molecule has 2 aromatic rings. The van der Waals surface area contributed by atoms with Crippen molar-refractivity contribution in [3.63, 3.8) is 0 Å². The number of fused-ring (bicyclic) bond motifs is 2. The number of carbonyl (C=O) groups excluding carboxylic acids is 1. The summed E-state index contributed by atoms with van der Waals surface area (Å²) in [4.78, 5) is 11.8. The molecule has 2 unspecified atom stereocenters. The molecule has 2 aromatic carbocycles. The Labute approximate surface area is 238 Å². The third-order valence-electron chi connectivity index (χ3n) is 7.26. The molecule has 0 aliphatic heterocycles. The van der Waals surface area contributed by atoms with Gasteiger partial charge in [0.05, 0.1) is 15.9 Å². The number of halogens is 1. The van der Waals surface area contributed by atoms with Gasteiger partial charge in [0.1, 0.15) is 28.5 Å². The minimum Gasteiger partial charge on any atom is -0.748 e. The van der Waals surface area contributed by atoms with E-state index in [9.17, 15) is 17.8 Å². The molecule has 0 radical (unpaired) electrons. The second-order valence-electron chi connectivity index (χ2n) is 12.8. The Hall–Kier alpha value is -1.65. The minimum absolute atomic E-state index is 0.0248. The van der Waals surface area contributed by atoms with Crippen molar-refractivity contribution in [3.05, 3.63) is 55.7 Å². The molecule has 210 valence electrons. The molecule has 2 aliphatic rings. The van der Waals surface area contributed by atoms with Gasteiger partial charge in [-0.1, -0.05) is 13.8 Å². The maximum absolute atomic E-state index is 11.8. The average molecular weight is 657 g/mol. The molecule has 0 spiro atoms. The Morgan fingerprint density at radius 1 is 0.868 bits per heavy atom. The van der Waals surface area contributed by atoms with E-state index in [1.54, 1.807) is 0 Å². The summed E-state index contributed by atoms with van der Waals surface area (Å²) >= 11 is -0.176. The summed E-state index contributed by atoms with van der Waals surface area (Å²) in [7, 11) is -4.33. The summed E-state index contributed by atoms with van der Waals surface area (Å²) in [6, 6.07) is 17.0. The lowest BCUT2D eigenvalue weighted by Gasteiger charge is -2.37. The van der Waals surface area contributed by atoms with Crippen molar-refractivity contribution in [2.24, 2.45) is 16.7 Å². The lowest BCUT2D eigenvalue weighted by atomic mass is 9.70. The van der Waals surface area contributed by atoms with Crippen molar-refractivity contribution in [1.29, 1.82) is 0 Å². The van der Waals surface area contributed by atoms with Crippen LogP contribution >= 0.6 is 0 Å². The third kappa shape index (κ3) is 7.94. The molecule has 2 aliphatic carbocycles. The van der Waals surface area contributed by atoms with Crippen LogP contribution in [0.25, 0.3) is 0 Å². The van der Waals surface area contributed by atoms with E-state index in [2.05, 4.69) is 90.1 Å². The number of Topliss-reactive ketones (excluding diaryl/α,β-unsaturated/α-hetero) is 1. The molecule has 2 bridgehead atoms. The van der Waals surface area contributed by atoms with Crippen molar-refractivity contribution < 1.29 is 48.4 Å². The van der Waals surface area contributed by atoms with E-state index in [1.165, 1.54) is 7.14 Å². The first-order valence-corrected chi connectivity index (χ1v) is 16.7. The van der Waals surface area contributed by atoms with Gasteiger partial charge in [0.25, 0.3) is 0 Å². The van der Waals surface area contributed by atoms with Gasteiger partial charge in [0.2, 0.25) is 0 Å². The van der Waals surface area contributed by atoms with Gasteiger partial charge in [0, 0.05) is 11.8 Å². The Bertz CT molecular complexity index is 1160. The first kappa shape index (κ1) is 30.9. The molecular formula is C30H41IO6S. The zero-order chi connectivity index (χ0) is 28.6. The summed E-state index contributed by atoms with van der Waals surface area (Å²) < 4.78 is 47.2. The lowest BCUT2D eigenvalue weighted by molar-refractivity contribution is -0.597. The van der Waals surface area contributed by atoms with Gasteiger partial charge in [-0.3, -0.25) is 4.79 Å². The van der Waals surface area contributed by atoms with Gasteiger partial charge in [-0.15, -0.1) is 0 Å². The first-order valence-electron chi connectivity index (χ1n) is 13.0. The highest BCUT2D eigenvalue weighted by atomic mass is 127. The van der Waals surface area contributed by atoms with E-state index in [4.69, 9.17) is 9.47 Å². The lowest BCUT2D eigenvalue weighted by Crippen LogP contribution is -3.61. The topological polar surface area (TPSA) is 92.7 Å². The van der Waals surface area contributed by atoms with Crippen LogP contribution in [0.5, 0.6) is 11.5 Å². The second-order valence-corrected chi connectivity index (χ2v) is 17.2. The van der Waals surface area contributed by atoms with Crippen molar-refractivity contribution >= 4 is 15.9 Å². The Morgan fingerprint density at radius 3 is 1.58 bits per heavy atom. The standard InChI is InChI=1S/C20H26IO2.C10H16O4S/c1-19(2,3)22-17-11-7-15(8-12-17)21-16-9-13-18(14-10-16)23-20(4,5)6;1-9(2)7-3-4-10(9,8(11)5-7)6-15(12,13)14/h7-14H,1-6H3;7H,3-6H2,1-2H3,(H,12,13,14)/q+1;/p-1. The number of ketones is 1. The summed E-state index contributed by atoms with van der Waals surface area (Å²) in [5.74, 6) is 1.58. The summed E-state index contributed by atoms with van der Waals surface area (Å²) in [6.45, 7) is 16.2. The average Bonchev–Trinajstić information content (AvgIpc) is 3.08. The highest BCUT2D eigenvalue weighted by molar-refractivity contribution is 7.85. The van der Waals surface area contributed by atoms with E-state index >= 15 is 0 Å². The van der Waals surface area contributed by atoms with Crippen molar-refractivity contribution in [1.82, 2.24) is 0 Å². The molecule has 0 saturated heterocycles. The Morgan fingerprint density at radius 2 is 1.29 bits per heavy atom. The van der Waals surface area contributed by atoms with Gasteiger partial charge in [-0.2, -0.15) is 0 Å². The van der Waals surface area contributed by atoms with Crippen molar-refractivity contribution in [2.75, 3.05) is 5.75 Å². The van der Waals surface area contributed by atoms with Crippen LogP contribution in [0.2, 0.25) is 0 Å². The normalized spacial score (nSPS) is 22.6. The van der Waals surface area contributed by atoms with E-state index < -0.39 is 21.3 Å². The van der Waals surface area contributed by atoms with Crippen LogP contribution in [0.4, 0.5) is 0 Å². The van der Waals surface area contributed by atoms with Crippen LogP contribution < -0.4 is 30.7 Å². The first-order chi connectivity index (χ1) is 17.3. The van der Waals surface area contributed by atoms with E-state index in [0.29, 0.717) is 12.8 Å². The van der Waals surface area contributed by atoms with E-state index in [0.717, 1.165) is 17.9 Å². The molecule has 2 atom stereocenters. The van der Waals surface area contributed by atoms with Gasteiger partial charge in [-0.25, -0.2) is 8.42 Å². The highest BCUT2D eigenvalue weighted by Crippen LogP contribution is 2.64. The zero-order valence-electron chi connectivity index (χ0n) is 23.8.